The Balaban J connectivity index is 1.36. The second kappa shape index (κ2) is 9.44. The molecule has 4 rings (SSSR count). The molecule has 1 aromatic heterocycles. The van der Waals surface area contributed by atoms with Crippen molar-refractivity contribution >= 4 is 27.5 Å². The number of benzene rings is 3. The Morgan fingerprint density at radius 2 is 1.58 bits per heavy atom. The van der Waals surface area contributed by atoms with Crippen molar-refractivity contribution in [1.29, 1.82) is 0 Å². The van der Waals surface area contributed by atoms with Gasteiger partial charge in [0.1, 0.15) is 11.5 Å². The number of hydrogen-bond donors (Lipinski definition) is 1. The minimum atomic E-state index is -0.254. The van der Waals surface area contributed by atoms with Crippen molar-refractivity contribution in [3.05, 3.63) is 77.3 Å². The van der Waals surface area contributed by atoms with Crippen LogP contribution < -0.4 is 14.8 Å². The topological polar surface area (TPSA) is 86.5 Å². The summed E-state index contributed by atoms with van der Waals surface area (Å²) in [5.74, 6) is 2.00. The molecule has 4 aromatic rings. The van der Waals surface area contributed by atoms with Gasteiger partial charge in [0.2, 0.25) is 5.82 Å². The molecule has 1 amide bonds. The molecule has 1 heterocycles. The van der Waals surface area contributed by atoms with Crippen LogP contribution >= 0.6 is 15.9 Å². The molecule has 7 nitrogen and oxygen atoms in total. The van der Waals surface area contributed by atoms with Gasteiger partial charge in [-0.3, -0.25) is 4.79 Å². The van der Waals surface area contributed by atoms with Crippen LogP contribution in [0.15, 0.2) is 81.8 Å². The average molecular weight is 480 g/mol. The van der Waals surface area contributed by atoms with E-state index in [-0.39, 0.29) is 12.5 Å². The number of nitrogens with one attached hydrogen (secondary N) is 1. The minimum Gasteiger partial charge on any atom is -0.497 e. The molecule has 0 unspecified atom stereocenters. The van der Waals surface area contributed by atoms with Gasteiger partial charge in [0, 0.05) is 21.3 Å². The van der Waals surface area contributed by atoms with Crippen LogP contribution in [0.1, 0.15) is 0 Å². The lowest BCUT2D eigenvalue weighted by atomic mass is 10.2. The van der Waals surface area contributed by atoms with Gasteiger partial charge in [-0.15, -0.1) is 0 Å². The van der Waals surface area contributed by atoms with Crippen LogP contribution in [0.2, 0.25) is 0 Å². The number of carbonyl (C=O) groups excluding carboxylic acids is 1. The summed E-state index contributed by atoms with van der Waals surface area (Å²) < 4.78 is 17.0. The maximum atomic E-state index is 12.1. The SMILES string of the molecule is COc1ccc(-c2noc(-c3ccc(NC(=O)COc4ccc(Br)cc4)cc3)n2)cc1. The molecule has 0 aliphatic heterocycles. The van der Waals surface area contributed by atoms with Crippen molar-refractivity contribution in [2.24, 2.45) is 0 Å². The first kappa shape index (κ1) is 20.6. The smallest absolute Gasteiger partial charge is 0.262 e. The lowest BCUT2D eigenvalue weighted by molar-refractivity contribution is -0.118. The van der Waals surface area contributed by atoms with Crippen LogP contribution in [0, 0.1) is 0 Å². The van der Waals surface area contributed by atoms with Crippen molar-refractivity contribution < 1.29 is 18.8 Å². The highest BCUT2D eigenvalue weighted by Gasteiger charge is 2.11. The molecule has 3 aromatic carbocycles. The second-order valence-electron chi connectivity index (χ2n) is 6.52. The maximum Gasteiger partial charge on any atom is 0.262 e. The molecule has 1 N–H and O–H groups in total. The fraction of sp³-hybridized carbons (Fsp3) is 0.0870. The Labute approximate surface area is 187 Å². The van der Waals surface area contributed by atoms with Gasteiger partial charge in [0.05, 0.1) is 7.11 Å². The van der Waals surface area contributed by atoms with Crippen LogP contribution in [0.3, 0.4) is 0 Å². The Morgan fingerprint density at radius 1 is 0.935 bits per heavy atom. The van der Waals surface area contributed by atoms with Crippen LogP contribution in [-0.4, -0.2) is 29.8 Å². The van der Waals surface area contributed by atoms with Crippen molar-refractivity contribution in [1.82, 2.24) is 10.1 Å². The van der Waals surface area contributed by atoms with Crippen molar-refractivity contribution in [3.63, 3.8) is 0 Å². The number of ether oxygens (including phenoxy) is 2. The highest BCUT2D eigenvalue weighted by Crippen LogP contribution is 2.25. The number of nitrogens with zero attached hydrogens (tertiary/aromatic N) is 2. The fourth-order valence-corrected chi connectivity index (χ4v) is 3.04. The standard InChI is InChI=1S/C23H18BrN3O4/c1-29-19-10-4-15(5-11-19)22-26-23(31-27-22)16-2-8-18(9-3-16)25-21(28)14-30-20-12-6-17(24)7-13-20/h2-13H,14H2,1H3,(H,25,28). The number of aromatic nitrogens is 2. The number of methoxy groups -OCH3 is 1. The van der Waals surface area contributed by atoms with Gasteiger partial charge in [-0.1, -0.05) is 21.1 Å². The minimum absolute atomic E-state index is 0.0851. The van der Waals surface area contributed by atoms with Gasteiger partial charge in [-0.25, -0.2) is 0 Å². The molecule has 31 heavy (non-hydrogen) atoms. The van der Waals surface area contributed by atoms with E-state index in [2.05, 4.69) is 31.4 Å². The van der Waals surface area contributed by atoms with E-state index in [1.165, 1.54) is 0 Å². The monoisotopic (exact) mass is 479 g/mol. The van der Waals surface area contributed by atoms with E-state index < -0.39 is 0 Å². The highest BCUT2D eigenvalue weighted by atomic mass is 79.9. The van der Waals surface area contributed by atoms with E-state index in [0.29, 0.717) is 23.2 Å². The van der Waals surface area contributed by atoms with Crippen LogP contribution in [0.25, 0.3) is 22.8 Å². The number of rotatable bonds is 7. The summed E-state index contributed by atoms with van der Waals surface area (Å²) in [7, 11) is 1.61. The van der Waals surface area contributed by atoms with E-state index >= 15 is 0 Å². The molecular weight excluding hydrogens is 462 g/mol. The summed E-state index contributed by atoms with van der Waals surface area (Å²) in [4.78, 5) is 16.6. The lowest BCUT2D eigenvalue weighted by Gasteiger charge is -2.08. The third-order valence-electron chi connectivity index (χ3n) is 4.37. The van der Waals surface area contributed by atoms with E-state index in [9.17, 15) is 4.79 Å². The lowest BCUT2D eigenvalue weighted by Crippen LogP contribution is -2.20. The number of hydrogen-bond acceptors (Lipinski definition) is 6. The molecule has 0 atom stereocenters. The largest absolute Gasteiger partial charge is 0.497 e. The number of amides is 1. The predicted octanol–water partition coefficient (Wildman–Crippen LogP) is 5.19. The molecule has 156 valence electrons. The third kappa shape index (κ3) is 5.29. The number of anilines is 1. The molecular formula is C23H18BrN3O4. The van der Waals surface area contributed by atoms with E-state index in [1.54, 1.807) is 43.5 Å². The van der Waals surface area contributed by atoms with Gasteiger partial charge in [-0.05, 0) is 72.8 Å². The zero-order valence-corrected chi connectivity index (χ0v) is 18.1. The Morgan fingerprint density at radius 3 is 2.26 bits per heavy atom. The van der Waals surface area contributed by atoms with E-state index in [1.807, 2.05) is 36.4 Å². The Bertz CT molecular complexity index is 1160. The Kier molecular flexibility index (Phi) is 6.28. The van der Waals surface area contributed by atoms with Gasteiger partial charge >= 0.3 is 0 Å². The molecule has 0 saturated carbocycles. The summed E-state index contributed by atoms with van der Waals surface area (Å²) in [5, 5.41) is 6.82. The summed E-state index contributed by atoms with van der Waals surface area (Å²) in [6.45, 7) is -0.0851. The molecule has 0 bridgehead atoms. The normalized spacial score (nSPS) is 10.5. The highest BCUT2D eigenvalue weighted by molar-refractivity contribution is 9.10. The van der Waals surface area contributed by atoms with Crippen molar-refractivity contribution in [3.8, 4) is 34.3 Å². The van der Waals surface area contributed by atoms with E-state index in [4.69, 9.17) is 14.0 Å². The zero-order valence-electron chi connectivity index (χ0n) is 16.5. The summed E-state index contributed by atoms with van der Waals surface area (Å²) in [5.41, 5.74) is 2.21. The van der Waals surface area contributed by atoms with Gasteiger partial charge in [0.15, 0.2) is 6.61 Å². The maximum absolute atomic E-state index is 12.1. The van der Waals surface area contributed by atoms with Crippen molar-refractivity contribution in [2.75, 3.05) is 19.0 Å². The molecule has 0 aliphatic carbocycles. The molecule has 0 fully saturated rings. The molecule has 0 saturated heterocycles. The average Bonchev–Trinajstić information content (AvgIpc) is 3.29. The van der Waals surface area contributed by atoms with Gasteiger partial charge < -0.3 is 19.3 Å². The van der Waals surface area contributed by atoms with Crippen LogP contribution in [-0.2, 0) is 4.79 Å². The van der Waals surface area contributed by atoms with E-state index in [0.717, 1.165) is 21.3 Å². The predicted molar refractivity (Wildman–Crippen MR) is 120 cm³/mol. The first-order valence-electron chi connectivity index (χ1n) is 9.37. The zero-order chi connectivity index (χ0) is 21.6. The quantitative estimate of drug-likeness (QED) is 0.392. The molecule has 8 heteroatoms. The fourth-order valence-electron chi connectivity index (χ4n) is 2.77. The van der Waals surface area contributed by atoms with Crippen LogP contribution in [0.4, 0.5) is 5.69 Å². The third-order valence-corrected chi connectivity index (χ3v) is 4.90. The Hall–Kier alpha value is -3.65. The summed E-state index contributed by atoms with van der Waals surface area (Å²) in [6.07, 6.45) is 0. The first-order chi connectivity index (χ1) is 15.1. The van der Waals surface area contributed by atoms with Gasteiger partial charge in [-0.2, -0.15) is 4.98 Å². The summed E-state index contributed by atoms with van der Waals surface area (Å²) >= 11 is 3.36. The molecule has 0 aliphatic rings. The van der Waals surface area contributed by atoms with Gasteiger partial charge in [0.25, 0.3) is 11.8 Å². The number of carbonyl (C=O) groups is 1. The van der Waals surface area contributed by atoms with Crippen molar-refractivity contribution in [2.45, 2.75) is 0 Å². The molecule has 0 radical (unpaired) electrons. The first-order valence-corrected chi connectivity index (χ1v) is 10.2. The molecule has 0 spiro atoms. The van der Waals surface area contributed by atoms with Crippen LogP contribution in [0.5, 0.6) is 11.5 Å². The summed E-state index contributed by atoms with van der Waals surface area (Å²) in [6, 6.07) is 21.8. The second-order valence-corrected chi connectivity index (χ2v) is 7.44. The number of halogens is 1.